The molecule has 7 atom stereocenters. The Kier molecular flexibility index (Phi) is 12.9. The number of rotatable bonds is 18. The van der Waals surface area contributed by atoms with Crippen molar-refractivity contribution in [3.05, 3.63) is 11.6 Å². The maximum absolute atomic E-state index is 15.0. The first-order valence-electron chi connectivity index (χ1n) is 13.5. The first-order valence-corrected chi connectivity index (χ1v) is 15.3. The molecule has 1 aliphatic heterocycles. The number of imidazole rings is 1. The molecule has 0 radical (unpaired) electrons. The van der Waals surface area contributed by atoms with Crippen LogP contribution in [0.5, 0.6) is 0 Å². The summed E-state index contributed by atoms with van der Waals surface area (Å²) in [5.74, 6) is -0.00601. The van der Waals surface area contributed by atoms with Gasteiger partial charge in [0.15, 0.2) is 23.9 Å². The van der Waals surface area contributed by atoms with E-state index in [-0.39, 0.29) is 41.6 Å². The van der Waals surface area contributed by atoms with Crippen molar-refractivity contribution in [3.63, 3.8) is 0 Å². The number of anilines is 1. The van der Waals surface area contributed by atoms with Gasteiger partial charge in [0.25, 0.3) is 0 Å². The number of hydrogen-bond acceptors (Lipinski definition) is 11. The Morgan fingerprint density at radius 3 is 2.67 bits per heavy atom. The third-order valence-corrected chi connectivity index (χ3v) is 7.68. The zero-order valence-electron chi connectivity index (χ0n) is 23.0. The minimum absolute atomic E-state index is 0.00601. The van der Waals surface area contributed by atoms with E-state index >= 15 is 0 Å². The molecule has 0 aliphatic carbocycles. The number of aromatic nitrogens is 4. The molecule has 0 amide bonds. The van der Waals surface area contributed by atoms with Gasteiger partial charge in [-0.25, -0.2) is 13.9 Å². The number of halogens is 2. The lowest BCUT2D eigenvalue weighted by Crippen LogP contribution is -2.32. The highest BCUT2D eigenvalue weighted by molar-refractivity contribution is 7.47. The highest BCUT2D eigenvalue weighted by Gasteiger charge is 2.47. The zero-order chi connectivity index (χ0) is 29.3. The fourth-order valence-electron chi connectivity index (χ4n) is 4.47. The second-order valence-electron chi connectivity index (χ2n) is 9.84. The maximum Gasteiger partial charge on any atom is 0.472 e. The van der Waals surface area contributed by atoms with Crippen LogP contribution in [0.15, 0.2) is 6.33 Å². The Morgan fingerprint density at radius 2 is 1.95 bits per heavy atom. The van der Waals surface area contributed by atoms with Crippen LogP contribution in [0, 0.1) is 0 Å². The van der Waals surface area contributed by atoms with Crippen LogP contribution < -0.4 is 5.73 Å². The van der Waals surface area contributed by atoms with E-state index in [2.05, 4.69) is 21.9 Å². The number of unbranched alkanes of at least 4 members (excludes halogenated alkanes) is 5. The van der Waals surface area contributed by atoms with Gasteiger partial charge in [-0.3, -0.25) is 13.6 Å². The summed E-state index contributed by atoms with van der Waals surface area (Å²) in [6.07, 6.45) is 2.11. The van der Waals surface area contributed by atoms with Crippen molar-refractivity contribution in [1.82, 2.24) is 19.5 Å². The molecule has 2 aromatic heterocycles. The monoisotopic (exact) mass is 611 g/mol. The molecule has 40 heavy (non-hydrogen) atoms. The number of phosphoric acid groups is 1. The van der Waals surface area contributed by atoms with Gasteiger partial charge in [0.1, 0.15) is 23.8 Å². The smallest absolute Gasteiger partial charge is 0.387 e. The van der Waals surface area contributed by atoms with Crippen molar-refractivity contribution < 1.29 is 42.2 Å². The molecule has 16 heteroatoms. The van der Waals surface area contributed by atoms with Crippen molar-refractivity contribution >= 4 is 36.4 Å². The van der Waals surface area contributed by atoms with Crippen molar-refractivity contribution in [2.45, 2.75) is 95.6 Å². The van der Waals surface area contributed by atoms with E-state index in [0.717, 1.165) is 19.3 Å². The van der Waals surface area contributed by atoms with Gasteiger partial charge in [0, 0.05) is 7.11 Å². The Morgan fingerprint density at radius 1 is 1.23 bits per heavy atom. The summed E-state index contributed by atoms with van der Waals surface area (Å²) in [7, 11) is -3.11. The first-order chi connectivity index (χ1) is 19.1. The van der Waals surface area contributed by atoms with Crippen LogP contribution >= 0.6 is 19.4 Å². The van der Waals surface area contributed by atoms with E-state index in [1.165, 1.54) is 43.7 Å². The minimum atomic E-state index is -4.60. The number of hydrogen-bond donors (Lipinski definition) is 3. The lowest BCUT2D eigenvalue weighted by molar-refractivity contribution is -0.0716. The SMILES string of the molecule is CCCCCCCCC(C)OC(COC)COP(=O)(O)OC[C@H]1O[C@@H](n2cnc3c(N)nc(Cl)nc32)C(F)C1O. The second kappa shape index (κ2) is 15.7. The number of aliphatic hydroxyl groups is 1. The number of fused-ring (bicyclic) bond motifs is 1. The predicted octanol–water partition coefficient (Wildman–Crippen LogP) is 3.96. The van der Waals surface area contributed by atoms with Crippen LogP contribution in [-0.4, -0.2) is 87.0 Å². The van der Waals surface area contributed by atoms with Gasteiger partial charge in [0.2, 0.25) is 5.28 Å². The van der Waals surface area contributed by atoms with Crippen molar-refractivity contribution in [3.8, 4) is 0 Å². The average Bonchev–Trinajstić information content (AvgIpc) is 3.44. The molecule has 4 N–H and O–H groups in total. The van der Waals surface area contributed by atoms with Crippen molar-refractivity contribution in [1.29, 1.82) is 0 Å². The van der Waals surface area contributed by atoms with Crippen LogP contribution in [0.2, 0.25) is 5.28 Å². The Balaban J connectivity index is 1.49. The summed E-state index contributed by atoms with van der Waals surface area (Å²) in [6.45, 7) is 3.37. The van der Waals surface area contributed by atoms with Gasteiger partial charge in [-0.2, -0.15) is 9.97 Å². The third-order valence-electron chi connectivity index (χ3n) is 6.56. The topological polar surface area (TPSA) is 173 Å². The lowest BCUT2D eigenvalue weighted by atomic mass is 10.1. The largest absolute Gasteiger partial charge is 0.472 e. The molecule has 1 aliphatic rings. The van der Waals surface area contributed by atoms with Gasteiger partial charge in [-0.1, -0.05) is 45.4 Å². The number of nitrogens with two attached hydrogens (primary N) is 1. The van der Waals surface area contributed by atoms with Gasteiger partial charge in [0.05, 0.1) is 32.3 Å². The van der Waals surface area contributed by atoms with Crippen LogP contribution in [0.25, 0.3) is 11.2 Å². The standard InChI is InChI=1S/C24H40ClFN5O8P/c1-4-5-6-7-8-9-10-15(2)38-16(11-35-3)12-36-40(33,34)37-13-17-20(32)18(26)23(39-17)31-14-28-19-21(27)29-24(25)30-22(19)31/h14-18,20,23,32H,4-13H2,1-3H3,(H,33,34)(H2,27,29,30)/t15?,16?,17-,18?,20?,23-/m1/s1. The van der Waals surface area contributed by atoms with Crippen LogP contribution in [0.3, 0.4) is 0 Å². The Bertz CT molecular complexity index is 1120. The van der Waals surface area contributed by atoms with E-state index in [1.807, 2.05) is 6.92 Å². The predicted molar refractivity (Wildman–Crippen MR) is 145 cm³/mol. The number of nitrogens with zero attached hydrogens (tertiary/aromatic N) is 4. The van der Waals surface area contributed by atoms with E-state index in [1.54, 1.807) is 0 Å². The molecule has 0 bridgehead atoms. The number of alkyl halides is 1. The third kappa shape index (κ3) is 9.27. The van der Waals surface area contributed by atoms with E-state index < -0.39 is 45.1 Å². The van der Waals surface area contributed by atoms with Gasteiger partial charge in [-0.15, -0.1) is 0 Å². The minimum Gasteiger partial charge on any atom is -0.387 e. The summed E-state index contributed by atoms with van der Waals surface area (Å²) >= 11 is 5.86. The maximum atomic E-state index is 15.0. The number of nitrogen functional groups attached to an aromatic ring is 1. The van der Waals surface area contributed by atoms with Crippen molar-refractivity contribution in [2.24, 2.45) is 0 Å². The van der Waals surface area contributed by atoms with E-state index in [4.69, 9.17) is 40.6 Å². The molecular weight excluding hydrogens is 572 g/mol. The summed E-state index contributed by atoms with van der Waals surface area (Å²) < 4.78 is 55.6. The van der Waals surface area contributed by atoms with Crippen LogP contribution in [0.4, 0.5) is 10.2 Å². The number of methoxy groups -OCH3 is 1. The fourth-order valence-corrected chi connectivity index (χ4v) is 5.40. The van der Waals surface area contributed by atoms with E-state index in [9.17, 15) is 19.0 Å². The Hall–Kier alpha value is -1.48. The highest BCUT2D eigenvalue weighted by atomic mass is 35.5. The first kappa shape index (κ1) is 33.0. The van der Waals surface area contributed by atoms with Gasteiger partial charge < -0.3 is 29.9 Å². The second-order valence-corrected chi connectivity index (χ2v) is 11.6. The number of aliphatic hydroxyl groups excluding tert-OH is 1. The molecule has 0 spiro atoms. The molecule has 2 aromatic rings. The molecule has 5 unspecified atom stereocenters. The molecule has 0 saturated carbocycles. The molecule has 3 heterocycles. The highest BCUT2D eigenvalue weighted by Crippen LogP contribution is 2.45. The van der Waals surface area contributed by atoms with Gasteiger partial charge >= 0.3 is 7.82 Å². The summed E-state index contributed by atoms with van der Waals surface area (Å²) in [6, 6.07) is 0. The molecule has 0 aromatic carbocycles. The summed E-state index contributed by atoms with van der Waals surface area (Å²) in [5.41, 5.74) is 6.07. The van der Waals surface area contributed by atoms with E-state index in [0.29, 0.717) is 0 Å². The lowest BCUT2D eigenvalue weighted by Gasteiger charge is -2.23. The molecular formula is C24H40ClFN5O8P. The van der Waals surface area contributed by atoms with Crippen LogP contribution in [-0.2, 0) is 27.8 Å². The molecule has 1 saturated heterocycles. The fraction of sp³-hybridized carbons (Fsp3) is 0.792. The zero-order valence-corrected chi connectivity index (χ0v) is 24.7. The number of ether oxygens (including phenoxy) is 3. The number of phosphoric ester groups is 1. The molecule has 13 nitrogen and oxygen atoms in total. The van der Waals surface area contributed by atoms with Gasteiger partial charge in [-0.05, 0) is 24.9 Å². The van der Waals surface area contributed by atoms with Crippen LogP contribution in [0.1, 0.15) is 65.0 Å². The normalized spacial score (nSPS) is 24.4. The van der Waals surface area contributed by atoms with Crippen molar-refractivity contribution in [2.75, 3.05) is 32.7 Å². The molecule has 1 fully saturated rings. The molecule has 228 valence electrons. The quantitative estimate of drug-likeness (QED) is 0.126. The average molecular weight is 612 g/mol. The summed E-state index contributed by atoms with van der Waals surface area (Å²) in [4.78, 5) is 22.0. The molecule has 3 rings (SSSR count). The summed E-state index contributed by atoms with van der Waals surface area (Å²) in [5, 5.41) is 10.2. The Labute approximate surface area is 238 Å².